The van der Waals surface area contributed by atoms with Crippen LogP contribution in [0.1, 0.15) is 22.3 Å². The average molecular weight is 968 g/mol. The Bertz CT molecular complexity index is 4340. The van der Waals surface area contributed by atoms with Crippen LogP contribution in [-0.2, 0) is 5.41 Å². The highest BCUT2D eigenvalue weighted by molar-refractivity contribution is 6.19. The molecule has 3 nitrogen and oxygen atoms in total. The van der Waals surface area contributed by atoms with Crippen molar-refractivity contribution in [2.45, 2.75) is 5.41 Å². The molecule has 356 valence electrons. The van der Waals surface area contributed by atoms with E-state index in [1.165, 1.54) is 66.3 Å². The fourth-order valence-corrected chi connectivity index (χ4v) is 12.9. The van der Waals surface area contributed by atoms with Gasteiger partial charge in [0.05, 0.1) is 22.1 Å². The quantitative estimate of drug-likeness (QED) is 0.143. The van der Waals surface area contributed by atoms with Crippen LogP contribution in [0.25, 0.3) is 72.0 Å². The molecule has 12 aromatic carbocycles. The Morgan fingerprint density at radius 3 is 1.51 bits per heavy atom. The molecule has 0 aliphatic heterocycles. The highest BCUT2D eigenvalue weighted by Crippen LogP contribution is 2.65. The molecule has 0 saturated heterocycles. The summed E-state index contributed by atoms with van der Waals surface area (Å²) in [6.45, 7) is 0. The molecule has 3 heteroatoms. The number of nitrogens with zero attached hydrogens (tertiary/aromatic N) is 3. The van der Waals surface area contributed by atoms with E-state index >= 15 is 0 Å². The van der Waals surface area contributed by atoms with E-state index in [1.807, 2.05) is 0 Å². The molecule has 2 aliphatic carbocycles. The van der Waals surface area contributed by atoms with Crippen molar-refractivity contribution in [2.75, 3.05) is 9.80 Å². The van der Waals surface area contributed by atoms with E-state index in [9.17, 15) is 0 Å². The van der Waals surface area contributed by atoms with E-state index < -0.39 is 5.41 Å². The molecule has 1 aromatic heterocycles. The van der Waals surface area contributed by atoms with Gasteiger partial charge in [-0.2, -0.15) is 0 Å². The SMILES string of the molecule is c1ccc(-c2cc(N(c3ccccc3)c3ccc4c(c3)C3(c5ccccc5-4)c4ccccc4-c4c3ccc3c4c4ccccc4n3-c3ccccc3)cc(N(c3ccccc3)c3ccccc3-c3ccccc3)c2)cc1. The van der Waals surface area contributed by atoms with Gasteiger partial charge in [0.2, 0.25) is 0 Å². The summed E-state index contributed by atoms with van der Waals surface area (Å²) in [6, 6.07) is 109. The van der Waals surface area contributed by atoms with Crippen molar-refractivity contribution in [1.29, 1.82) is 0 Å². The largest absolute Gasteiger partial charge is 0.310 e. The molecular formula is C73H49N3. The number of benzene rings is 12. The van der Waals surface area contributed by atoms with Crippen LogP contribution < -0.4 is 9.80 Å². The van der Waals surface area contributed by atoms with Crippen molar-refractivity contribution in [1.82, 2.24) is 4.57 Å². The lowest BCUT2D eigenvalue weighted by Gasteiger charge is -2.33. The Morgan fingerprint density at radius 2 is 0.803 bits per heavy atom. The van der Waals surface area contributed by atoms with Crippen molar-refractivity contribution in [3.05, 3.63) is 320 Å². The molecular weight excluding hydrogens is 919 g/mol. The zero-order valence-electron chi connectivity index (χ0n) is 41.6. The van der Waals surface area contributed by atoms with Gasteiger partial charge in [0.15, 0.2) is 0 Å². The van der Waals surface area contributed by atoms with E-state index in [2.05, 4.69) is 312 Å². The first-order valence-corrected chi connectivity index (χ1v) is 26.3. The molecule has 1 heterocycles. The second kappa shape index (κ2) is 17.6. The van der Waals surface area contributed by atoms with E-state index in [4.69, 9.17) is 0 Å². The molecule has 0 N–H and O–H groups in total. The number of anilines is 6. The first-order valence-electron chi connectivity index (χ1n) is 26.3. The number of aromatic nitrogens is 1. The van der Waals surface area contributed by atoms with Gasteiger partial charge in [-0.25, -0.2) is 0 Å². The van der Waals surface area contributed by atoms with Crippen LogP contribution in [0.3, 0.4) is 0 Å². The third-order valence-corrected chi connectivity index (χ3v) is 15.9. The van der Waals surface area contributed by atoms with Crippen LogP contribution in [0.5, 0.6) is 0 Å². The van der Waals surface area contributed by atoms with E-state index in [-0.39, 0.29) is 0 Å². The number of para-hydroxylation sites is 5. The van der Waals surface area contributed by atoms with Crippen LogP contribution in [0.2, 0.25) is 0 Å². The number of hydrogen-bond donors (Lipinski definition) is 0. The van der Waals surface area contributed by atoms with E-state index in [0.717, 1.165) is 62.1 Å². The minimum absolute atomic E-state index is 0.595. The highest BCUT2D eigenvalue weighted by atomic mass is 15.2. The minimum Gasteiger partial charge on any atom is -0.310 e. The number of fused-ring (bicyclic) bond motifs is 14. The van der Waals surface area contributed by atoms with Crippen molar-refractivity contribution in [2.24, 2.45) is 0 Å². The first-order chi connectivity index (χ1) is 37.7. The van der Waals surface area contributed by atoms with Gasteiger partial charge < -0.3 is 14.4 Å². The number of hydrogen-bond acceptors (Lipinski definition) is 2. The molecule has 13 aromatic rings. The van der Waals surface area contributed by atoms with Crippen LogP contribution in [0, 0.1) is 0 Å². The Morgan fingerprint density at radius 1 is 0.276 bits per heavy atom. The lowest BCUT2D eigenvalue weighted by atomic mass is 9.70. The highest BCUT2D eigenvalue weighted by Gasteiger charge is 2.52. The van der Waals surface area contributed by atoms with Crippen molar-refractivity contribution in [3.8, 4) is 50.2 Å². The van der Waals surface area contributed by atoms with Gasteiger partial charge in [-0.15, -0.1) is 0 Å². The Kier molecular flexibility index (Phi) is 10.1. The Labute approximate surface area is 443 Å². The summed E-state index contributed by atoms with van der Waals surface area (Å²) in [4.78, 5) is 4.90. The average Bonchev–Trinajstić information content (AvgIpc) is 4.13. The summed E-state index contributed by atoms with van der Waals surface area (Å²) in [5.41, 5.74) is 24.3. The third kappa shape index (κ3) is 6.62. The zero-order valence-corrected chi connectivity index (χ0v) is 41.6. The summed E-state index contributed by atoms with van der Waals surface area (Å²) in [6.07, 6.45) is 0. The first kappa shape index (κ1) is 43.6. The van der Waals surface area contributed by atoms with Gasteiger partial charge in [0, 0.05) is 50.5 Å². The summed E-state index contributed by atoms with van der Waals surface area (Å²) in [5, 5.41) is 2.54. The van der Waals surface area contributed by atoms with Crippen LogP contribution >= 0.6 is 0 Å². The molecule has 15 rings (SSSR count). The normalized spacial score (nSPS) is 13.8. The Balaban J connectivity index is 0.993. The third-order valence-electron chi connectivity index (χ3n) is 15.9. The molecule has 76 heavy (non-hydrogen) atoms. The number of rotatable bonds is 9. The monoisotopic (exact) mass is 967 g/mol. The predicted molar refractivity (Wildman–Crippen MR) is 317 cm³/mol. The summed E-state index contributed by atoms with van der Waals surface area (Å²) < 4.78 is 2.45. The maximum atomic E-state index is 2.51. The minimum atomic E-state index is -0.595. The lowest BCUT2D eigenvalue weighted by Crippen LogP contribution is -2.26. The van der Waals surface area contributed by atoms with Crippen molar-refractivity contribution in [3.63, 3.8) is 0 Å². The van der Waals surface area contributed by atoms with E-state index in [1.54, 1.807) is 0 Å². The molecule has 0 bridgehead atoms. The van der Waals surface area contributed by atoms with Gasteiger partial charge in [0.1, 0.15) is 0 Å². The maximum Gasteiger partial charge on any atom is 0.0726 e. The van der Waals surface area contributed by atoms with Gasteiger partial charge >= 0.3 is 0 Å². The lowest BCUT2D eigenvalue weighted by molar-refractivity contribution is 0.794. The van der Waals surface area contributed by atoms with Crippen molar-refractivity contribution < 1.29 is 0 Å². The molecule has 0 fully saturated rings. The van der Waals surface area contributed by atoms with Crippen molar-refractivity contribution >= 4 is 55.9 Å². The standard InChI is InChI=1S/C73H49N3/c1-6-24-50(25-7-1)52-46-57(48-58(47-52)75(54-30-12-4-13-31-54)68-40-22-18-34-59(68)51-26-8-2-9-27-51)74(53-28-10-3-11-29-53)56-42-43-61-60-35-16-20-38-64(60)73(67(61)49-56)65-39-21-17-36-62(65)71-66(73)44-45-70-72(71)63-37-19-23-41-69(63)76(70)55-32-14-5-15-33-55/h1-49H. The predicted octanol–water partition coefficient (Wildman–Crippen LogP) is 19.4. The molecule has 0 amide bonds. The Hall–Kier alpha value is -9.96. The molecule has 1 unspecified atom stereocenters. The van der Waals surface area contributed by atoms with Crippen LogP contribution in [0.15, 0.2) is 297 Å². The van der Waals surface area contributed by atoms with E-state index in [0.29, 0.717) is 0 Å². The molecule has 0 radical (unpaired) electrons. The van der Waals surface area contributed by atoms with Crippen LogP contribution in [0.4, 0.5) is 34.1 Å². The molecule has 1 spiro atoms. The van der Waals surface area contributed by atoms with Gasteiger partial charge in [-0.1, -0.05) is 212 Å². The summed E-state index contributed by atoms with van der Waals surface area (Å²) in [5.74, 6) is 0. The summed E-state index contributed by atoms with van der Waals surface area (Å²) >= 11 is 0. The molecule has 2 aliphatic rings. The zero-order chi connectivity index (χ0) is 50.2. The van der Waals surface area contributed by atoms with Gasteiger partial charge in [-0.05, 0) is 146 Å². The topological polar surface area (TPSA) is 11.4 Å². The fraction of sp³-hybridized carbons (Fsp3) is 0.0137. The maximum absolute atomic E-state index is 2.51. The van der Waals surface area contributed by atoms with Gasteiger partial charge in [-0.3, -0.25) is 0 Å². The molecule has 0 saturated carbocycles. The van der Waals surface area contributed by atoms with Crippen LogP contribution in [-0.4, -0.2) is 4.57 Å². The fourth-order valence-electron chi connectivity index (χ4n) is 12.9. The second-order valence-corrected chi connectivity index (χ2v) is 20.0. The van der Waals surface area contributed by atoms with Gasteiger partial charge in [0.25, 0.3) is 0 Å². The smallest absolute Gasteiger partial charge is 0.0726 e. The second-order valence-electron chi connectivity index (χ2n) is 20.0. The summed E-state index contributed by atoms with van der Waals surface area (Å²) in [7, 11) is 0. The molecule has 1 atom stereocenters.